The van der Waals surface area contributed by atoms with Gasteiger partial charge >= 0.3 is 0 Å². The van der Waals surface area contributed by atoms with Gasteiger partial charge in [-0.25, -0.2) is 4.98 Å². The molecular formula is C16H30N4S. The van der Waals surface area contributed by atoms with Crippen LogP contribution in [-0.4, -0.2) is 40.4 Å². The van der Waals surface area contributed by atoms with E-state index in [1.54, 1.807) is 0 Å². The zero-order chi connectivity index (χ0) is 15.3. The van der Waals surface area contributed by atoms with Gasteiger partial charge in [0.1, 0.15) is 5.82 Å². The van der Waals surface area contributed by atoms with Gasteiger partial charge in [-0.15, -0.1) is 0 Å². The van der Waals surface area contributed by atoms with E-state index in [2.05, 4.69) is 47.4 Å². The van der Waals surface area contributed by atoms with Crippen LogP contribution in [0.5, 0.6) is 0 Å². The molecule has 1 aliphatic carbocycles. The van der Waals surface area contributed by atoms with E-state index >= 15 is 0 Å². The van der Waals surface area contributed by atoms with E-state index in [0.29, 0.717) is 0 Å². The molecule has 120 valence electrons. The summed E-state index contributed by atoms with van der Waals surface area (Å²) in [5, 5.41) is 4.37. The number of nitrogens with zero attached hydrogens (tertiary/aromatic N) is 3. The van der Waals surface area contributed by atoms with E-state index in [1.807, 2.05) is 0 Å². The molecular weight excluding hydrogens is 280 g/mol. The monoisotopic (exact) mass is 310 g/mol. The first-order valence-electron chi connectivity index (χ1n) is 8.25. The predicted molar refractivity (Wildman–Crippen MR) is 91.2 cm³/mol. The van der Waals surface area contributed by atoms with Crippen LogP contribution >= 0.6 is 11.5 Å². The number of nitrogens with one attached hydrogen (secondary N) is 1. The number of rotatable bonds is 6. The summed E-state index contributed by atoms with van der Waals surface area (Å²) in [7, 11) is 2.28. The van der Waals surface area contributed by atoms with E-state index in [1.165, 1.54) is 50.2 Å². The van der Waals surface area contributed by atoms with Crippen molar-refractivity contribution < 1.29 is 0 Å². The third-order valence-electron chi connectivity index (χ3n) is 4.26. The van der Waals surface area contributed by atoms with Gasteiger partial charge in [0.25, 0.3) is 0 Å². The molecule has 1 fully saturated rings. The van der Waals surface area contributed by atoms with Gasteiger partial charge in [0.2, 0.25) is 5.13 Å². The van der Waals surface area contributed by atoms with Crippen molar-refractivity contribution in [1.29, 1.82) is 0 Å². The molecule has 0 atom stereocenters. The minimum atomic E-state index is 0.0393. The normalized spacial score (nSPS) is 17.4. The van der Waals surface area contributed by atoms with Crippen LogP contribution in [0.4, 0.5) is 5.13 Å². The topological polar surface area (TPSA) is 41.0 Å². The van der Waals surface area contributed by atoms with Gasteiger partial charge in [0, 0.05) is 29.5 Å². The summed E-state index contributed by atoms with van der Waals surface area (Å²) in [5.41, 5.74) is 0.0393. The quantitative estimate of drug-likeness (QED) is 0.809. The van der Waals surface area contributed by atoms with E-state index in [9.17, 15) is 0 Å². The van der Waals surface area contributed by atoms with Crippen LogP contribution in [0.3, 0.4) is 0 Å². The average molecular weight is 311 g/mol. The first-order chi connectivity index (χ1) is 9.97. The van der Waals surface area contributed by atoms with E-state index in [-0.39, 0.29) is 5.41 Å². The SMILES string of the molecule is CN(CCCNc1nc(C(C)(C)C)ns1)C1CCCCC1. The molecule has 4 nitrogen and oxygen atoms in total. The standard InChI is InChI=1S/C16H30N4S/c1-16(2,3)14-18-15(21-19-14)17-11-8-12-20(4)13-9-6-5-7-10-13/h13H,5-12H2,1-4H3,(H,17,18,19). The largest absolute Gasteiger partial charge is 0.360 e. The number of hydrogen-bond acceptors (Lipinski definition) is 5. The maximum atomic E-state index is 4.57. The lowest BCUT2D eigenvalue weighted by Gasteiger charge is -2.31. The van der Waals surface area contributed by atoms with E-state index < -0.39 is 0 Å². The third kappa shape index (κ3) is 5.22. The van der Waals surface area contributed by atoms with Gasteiger partial charge in [-0.2, -0.15) is 4.37 Å². The molecule has 1 aromatic heterocycles. The lowest BCUT2D eigenvalue weighted by molar-refractivity contribution is 0.191. The Morgan fingerprint density at radius 2 is 1.95 bits per heavy atom. The van der Waals surface area contributed by atoms with Crippen LogP contribution in [0.15, 0.2) is 0 Å². The maximum absolute atomic E-state index is 4.57. The zero-order valence-electron chi connectivity index (χ0n) is 14.0. The van der Waals surface area contributed by atoms with Gasteiger partial charge in [-0.3, -0.25) is 0 Å². The molecule has 5 heteroatoms. The van der Waals surface area contributed by atoms with Gasteiger partial charge in [0.05, 0.1) is 0 Å². The molecule has 0 aliphatic heterocycles. The Bertz CT molecular complexity index is 418. The van der Waals surface area contributed by atoms with Crippen LogP contribution in [0.25, 0.3) is 0 Å². The Morgan fingerprint density at radius 1 is 1.24 bits per heavy atom. The second kappa shape index (κ2) is 7.54. The van der Waals surface area contributed by atoms with Crippen molar-refractivity contribution in [1.82, 2.24) is 14.3 Å². The molecule has 1 heterocycles. The van der Waals surface area contributed by atoms with Crippen LogP contribution in [0.2, 0.25) is 0 Å². The summed E-state index contributed by atoms with van der Waals surface area (Å²) in [6.45, 7) is 8.60. The van der Waals surface area contributed by atoms with Crippen LogP contribution in [0.1, 0.15) is 65.1 Å². The molecule has 0 amide bonds. The summed E-state index contributed by atoms with van der Waals surface area (Å²) in [6, 6.07) is 0.813. The third-order valence-corrected chi connectivity index (χ3v) is 4.93. The summed E-state index contributed by atoms with van der Waals surface area (Å²) >= 11 is 1.48. The summed E-state index contributed by atoms with van der Waals surface area (Å²) in [4.78, 5) is 7.11. The van der Waals surface area contributed by atoms with Crippen molar-refractivity contribution in [3.63, 3.8) is 0 Å². The fourth-order valence-corrected chi connectivity index (χ4v) is 3.61. The van der Waals surface area contributed by atoms with Crippen molar-refractivity contribution in [2.75, 3.05) is 25.5 Å². The molecule has 0 radical (unpaired) electrons. The number of anilines is 1. The van der Waals surface area contributed by atoms with Gasteiger partial charge in [0.15, 0.2) is 0 Å². The zero-order valence-corrected chi connectivity index (χ0v) is 14.8. The Balaban J connectivity index is 1.66. The molecule has 1 N–H and O–H groups in total. The Morgan fingerprint density at radius 3 is 2.57 bits per heavy atom. The highest BCUT2D eigenvalue weighted by molar-refractivity contribution is 7.09. The maximum Gasteiger partial charge on any atom is 0.202 e. The molecule has 21 heavy (non-hydrogen) atoms. The smallest absolute Gasteiger partial charge is 0.202 e. The molecule has 2 rings (SSSR count). The van der Waals surface area contributed by atoms with Crippen molar-refractivity contribution in [3.8, 4) is 0 Å². The molecule has 0 bridgehead atoms. The lowest BCUT2D eigenvalue weighted by Crippen LogP contribution is -2.34. The molecule has 0 saturated heterocycles. The predicted octanol–water partition coefficient (Wildman–Crippen LogP) is 3.90. The second-order valence-corrected chi connectivity index (χ2v) is 7.98. The van der Waals surface area contributed by atoms with Gasteiger partial charge in [-0.1, -0.05) is 40.0 Å². The highest BCUT2D eigenvalue weighted by Crippen LogP contribution is 2.23. The molecule has 1 saturated carbocycles. The van der Waals surface area contributed by atoms with Gasteiger partial charge in [-0.05, 0) is 32.9 Å². The first kappa shape index (κ1) is 16.7. The Hall–Kier alpha value is -0.680. The fraction of sp³-hybridized carbons (Fsp3) is 0.875. The van der Waals surface area contributed by atoms with Crippen molar-refractivity contribution in [2.24, 2.45) is 0 Å². The molecule has 1 aromatic rings. The van der Waals surface area contributed by atoms with Crippen LogP contribution in [-0.2, 0) is 5.41 Å². The Labute approximate surface area is 133 Å². The van der Waals surface area contributed by atoms with Crippen molar-refractivity contribution >= 4 is 16.7 Å². The lowest BCUT2D eigenvalue weighted by atomic mass is 9.94. The highest BCUT2D eigenvalue weighted by Gasteiger charge is 2.20. The highest BCUT2D eigenvalue weighted by atomic mass is 32.1. The minimum absolute atomic E-state index is 0.0393. The summed E-state index contributed by atoms with van der Waals surface area (Å²) in [6.07, 6.45) is 8.18. The van der Waals surface area contributed by atoms with Crippen molar-refractivity contribution in [3.05, 3.63) is 5.82 Å². The molecule has 0 aromatic carbocycles. The fourth-order valence-electron chi connectivity index (χ4n) is 2.83. The molecule has 0 unspecified atom stereocenters. The first-order valence-corrected chi connectivity index (χ1v) is 9.02. The second-order valence-electron chi connectivity index (χ2n) is 7.23. The van der Waals surface area contributed by atoms with Crippen LogP contribution < -0.4 is 5.32 Å². The van der Waals surface area contributed by atoms with Crippen LogP contribution in [0, 0.1) is 0 Å². The molecule has 0 spiro atoms. The van der Waals surface area contributed by atoms with Crippen molar-refractivity contribution in [2.45, 2.75) is 70.8 Å². The summed E-state index contributed by atoms with van der Waals surface area (Å²) in [5.74, 6) is 0.939. The Kier molecular flexibility index (Phi) is 5.99. The summed E-state index contributed by atoms with van der Waals surface area (Å²) < 4.78 is 4.43. The van der Waals surface area contributed by atoms with Gasteiger partial charge < -0.3 is 10.2 Å². The minimum Gasteiger partial charge on any atom is -0.360 e. The molecule has 1 aliphatic rings. The average Bonchev–Trinajstić information content (AvgIpc) is 2.93. The van der Waals surface area contributed by atoms with E-state index in [4.69, 9.17) is 0 Å². The number of hydrogen-bond donors (Lipinski definition) is 1. The number of aromatic nitrogens is 2. The van der Waals surface area contributed by atoms with E-state index in [0.717, 1.165) is 30.0 Å².